The highest BCUT2D eigenvalue weighted by Crippen LogP contribution is 2.44. The van der Waals surface area contributed by atoms with Gasteiger partial charge < -0.3 is 5.32 Å². The SMILES string of the molecule is CC(C)CC1(CNC2CC(C)(C)CC2C)CCCC1. The molecule has 0 saturated heterocycles. The van der Waals surface area contributed by atoms with Gasteiger partial charge in [-0.2, -0.15) is 0 Å². The first-order valence-electron chi connectivity index (χ1n) is 8.55. The van der Waals surface area contributed by atoms with Crippen molar-refractivity contribution in [1.29, 1.82) is 0 Å². The minimum absolute atomic E-state index is 0.554. The molecule has 2 unspecified atom stereocenters. The van der Waals surface area contributed by atoms with Gasteiger partial charge in [-0.15, -0.1) is 0 Å². The van der Waals surface area contributed by atoms with Gasteiger partial charge in [-0.05, 0) is 54.8 Å². The summed E-state index contributed by atoms with van der Waals surface area (Å²) in [6.07, 6.45) is 10.0. The second kappa shape index (κ2) is 5.76. The Morgan fingerprint density at radius 2 is 1.74 bits per heavy atom. The zero-order valence-electron chi connectivity index (χ0n) is 13.9. The van der Waals surface area contributed by atoms with Gasteiger partial charge in [-0.25, -0.2) is 0 Å². The van der Waals surface area contributed by atoms with Crippen LogP contribution in [-0.4, -0.2) is 12.6 Å². The molecule has 2 fully saturated rings. The van der Waals surface area contributed by atoms with Crippen LogP contribution in [0.4, 0.5) is 0 Å². The molecule has 0 spiro atoms. The second-order valence-electron chi connectivity index (χ2n) is 8.84. The predicted molar refractivity (Wildman–Crippen MR) is 84.3 cm³/mol. The van der Waals surface area contributed by atoms with E-state index in [4.69, 9.17) is 0 Å². The van der Waals surface area contributed by atoms with Crippen LogP contribution in [0.3, 0.4) is 0 Å². The van der Waals surface area contributed by atoms with Crippen molar-refractivity contribution in [3.63, 3.8) is 0 Å². The summed E-state index contributed by atoms with van der Waals surface area (Å²) in [5, 5.41) is 3.98. The van der Waals surface area contributed by atoms with Gasteiger partial charge in [0.25, 0.3) is 0 Å². The van der Waals surface area contributed by atoms with Gasteiger partial charge in [0.15, 0.2) is 0 Å². The molecule has 112 valence electrons. The van der Waals surface area contributed by atoms with Crippen molar-refractivity contribution in [3.05, 3.63) is 0 Å². The molecular weight excluding hydrogens is 230 g/mol. The van der Waals surface area contributed by atoms with E-state index in [1.807, 2.05) is 0 Å². The molecule has 2 aliphatic carbocycles. The first kappa shape index (κ1) is 15.4. The lowest BCUT2D eigenvalue weighted by Crippen LogP contribution is -2.40. The largest absolute Gasteiger partial charge is 0.313 e. The second-order valence-corrected chi connectivity index (χ2v) is 8.84. The molecule has 0 aliphatic heterocycles. The molecular formula is C18H35N. The highest BCUT2D eigenvalue weighted by atomic mass is 14.9. The third-order valence-electron chi connectivity index (χ3n) is 5.58. The van der Waals surface area contributed by atoms with Gasteiger partial charge in [0.05, 0.1) is 0 Å². The molecule has 2 aliphatic rings. The Morgan fingerprint density at radius 3 is 2.21 bits per heavy atom. The van der Waals surface area contributed by atoms with Crippen LogP contribution in [0, 0.1) is 22.7 Å². The van der Waals surface area contributed by atoms with Gasteiger partial charge in [-0.3, -0.25) is 0 Å². The fourth-order valence-electron chi connectivity index (χ4n) is 4.96. The van der Waals surface area contributed by atoms with Crippen LogP contribution in [0.15, 0.2) is 0 Å². The highest BCUT2D eigenvalue weighted by Gasteiger charge is 2.39. The minimum atomic E-state index is 0.554. The molecule has 0 radical (unpaired) electrons. The Balaban J connectivity index is 1.89. The fraction of sp³-hybridized carbons (Fsp3) is 1.00. The standard InChI is InChI=1S/C18H35N/c1-14(2)10-18(8-6-7-9-18)13-19-16-12-17(4,5)11-15(16)3/h14-16,19H,6-13H2,1-5H3. The van der Waals surface area contributed by atoms with E-state index in [0.29, 0.717) is 10.8 Å². The van der Waals surface area contributed by atoms with E-state index in [2.05, 4.69) is 39.9 Å². The molecule has 0 aromatic rings. The zero-order chi connectivity index (χ0) is 14.1. The van der Waals surface area contributed by atoms with E-state index < -0.39 is 0 Å². The van der Waals surface area contributed by atoms with Crippen LogP contribution >= 0.6 is 0 Å². The molecule has 0 aromatic heterocycles. The molecule has 1 heteroatoms. The maximum atomic E-state index is 3.98. The van der Waals surface area contributed by atoms with E-state index in [-0.39, 0.29) is 0 Å². The van der Waals surface area contributed by atoms with Crippen molar-refractivity contribution in [2.75, 3.05) is 6.54 Å². The molecule has 1 nitrogen and oxygen atoms in total. The van der Waals surface area contributed by atoms with Crippen LogP contribution in [0.5, 0.6) is 0 Å². The van der Waals surface area contributed by atoms with Crippen molar-refractivity contribution in [2.24, 2.45) is 22.7 Å². The quantitative estimate of drug-likeness (QED) is 0.737. The Morgan fingerprint density at radius 1 is 1.11 bits per heavy atom. The molecule has 0 aromatic carbocycles. The average Bonchev–Trinajstić information content (AvgIpc) is 2.80. The molecule has 2 atom stereocenters. The van der Waals surface area contributed by atoms with E-state index >= 15 is 0 Å². The maximum absolute atomic E-state index is 3.98. The summed E-state index contributed by atoms with van der Waals surface area (Å²) < 4.78 is 0. The normalized spacial score (nSPS) is 33.2. The van der Waals surface area contributed by atoms with Gasteiger partial charge >= 0.3 is 0 Å². The Bertz CT molecular complexity index is 286. The topological polar surface area (TPSA) is 12.0 Å². The van der Waals surface area contributed by atoms with Gasteiger partial charge in [0, 0.05) is 12.6 Å². The van der Waals surface area contributed by atoms with Gasteiger partial charge in [0.2, 0.25) is 0 Å². The predicted octanol–water partition coefficient (Wildman–Crippen LogP) is 5.01. The molecule has 0 heterocycles. The Kier molecular flexibility index (Phi) is 4.65. The molecule has 2 saturated carbocycles. The third kappa shape index (κ3) is 3.97. The number of nitrogens with one attached hydrogen (secondary N) is 1. The summed E-state index contributed by atoms with van der Waals surface area (Å²) in [5.74, 6) is 1.70. The van der Waals surface area contributed by atoms with E-state index in [0.717, 1.165) is 17.9 Å². The van der Waals surface area contributed by atoms with Crippen LogP contribution in [0.25, 0.3) is 0 Å². The molecule has 0 bridgehead atoms. The van der Waals surface area contributed by atoms with Crippen LogP contribution in [0.2, 0.25) is 0 Å². The summed E-state index contributed by atoms with van der Waals surface area (Å²) >= 11 is 0. The van der Waals surface area contributed by atoms with Crippen LogP contribution < -0.4 is 5.32 Å². The Hall–Kier alpha value is -0.0400. The molecule has 0 amide bonds. The smallest absolute Gasteiger partial charge is 0.00982 e. The Labute approximate surface area is 120 Å². The number of hydrogen-bond donors (Lipinski definition) is 1. The van der Waals surface area contributed by atoms with E-state index in [1.165, 1.54) is 51.5 Å². The number of hydrogen-bond acceptors (Lipinski definition) is 1. The van der Waals surface area contributed by atoms with Crippen molar-refractivity contribution < 1.29 is 0 Å². The van der Waals surface area contributed by atoms with Crippen LogP contribution in [-0.2, 0) is 0 Å². The third-order valence-corrected chi connectivity index (χ3v) is 5.58. The van der Waals surface area contributed by atoms with Crippen LogP contribution in [0.1, 0.15) is 79.6 Å². The van der Waals surface area contributed by atoms with Crippen molar-refractivity contribution >= 4 is 0 Å². The first-order valence-corrected chi connectivity index (χ1v) is 8.55. The summed E-state index contributed by atoms with van der Waals surface area (Å²) in [6, 6.07) is 0.764. The lowest BCUT2D eigenvalue weighted by atomic mass is 9.78. The lowest BCUT2D eigenvalue weighted by molar-refractivity contribution is 0.208. The summed E-state index contributed by atoms with van der Waals surface area (Å²) in [4.78, 5) is 0. The lowest BCUT2D eigenvalue weighted by Gasteiger charge is -2.33. The molecule has 19 heavy (non-hydrogen) atoms. The average molecular weight is 265 g/mol. The summed E-state index contributed by atoms with van der Waals surface area (Å²) in [6.45, 7) is 13.4. The number of rotatable bonds is 5. The maximum Gasteiger partial charge on any atom is 0.00982 e. The monoisotopic (exact) mass is 265 g/mol. The van der Waals surface area contributed by atoms with E-state index in [1.54, 1.807) is 0 Å². The van der Waals surface area contributed by atoms with E-state index in [9.17, 15) is 0 Å². The van der Waals surface area contributed by atoms with Gasteiger partial charge in [0.1, 0.15) is 0 Å². The molecule has 2 rings (SSSR count). The fourth-order valence-corrected chi connectivity index (χ4v) is 4.96. The van der Waals surface area contributed by atoms with Crippen molar-refractivity contribution in [3.8, 4) is 0 Å². The summed E-state index contributed by atoms with van der Waals surface area (Å²) in [7, 11) is 0. The van der Waals surface area contributed by atoms with Crippen molar-refractivity contribution in [2.45, 2.75) is 85.6 Å². The minimum Gasteiger partial charge on any atom is -0.313 e. The molecule has 1 N–H and O–H groups in total. The highest BCUT2D eigenvalue weighted by molar-refractivity contribution is 4.94. The zero-order valence-corrected chi connectivity index (χ0v) is 13.9. The van der Waals surface area contributed by atoms with Crippen molar-refractivity contribution in [1.82, 2.24) is 5.32 Å². The first-order chi connectivity index (χ1) is 8.82. The summed E-state index contributed by atoms with van der Waals surface area (Å²) in [5.41, 5.74) is 1.18. The van der Waals surface area contributed by atoms with Gasteiger partial charge in [-0.1, -0.05) is 47.5 Å².